The molecule has 0 aliphatic heterocycles. The third-order valence-electron chi connectivity index (χ3n) is 4.24. The quantitative estimate of drug-likeness (QED) is 0.614. The fourth-order valence-corrected chi connectivity index (χ4v) is 2.92. The molecule has 7 heteroatoms. The van der Waals surface area contributed by atoms with Crippen LogP contribution in [0.2, 0.25) is 0 Å². The van der Waals surface area contributed by atoms with Crippen molar-refractivity contribution >= 4 is 22.8 Å². The molecule has 0 saturated carbocycles. The van der Waals surface area contributed by atoms with E-state index in [9.17, 15) is 9.59 Å². The van der Waals surface area contributed by atoms with Gasteiger partial charge in [-0.3, -0.25) is 4.79 Å². The molecule has 1 aromatic carbocycles. The van der Waals surface area contributed by atoms with Crippen molar-refractivity contribution in [1.29, 1.82) is 0 Å². The molecule has 2 aromatic heterocycles. The monoisotopic (exact) mass is 381 g/mol. The van der Waals surface area contributed by atoms with E-state index in [-0.39, 0.29) is 6.10 Å². The third-order valence-corrected chi connectivity index (χ3v) is 4.24. The van der Waals surface area contributed by atoms with Gasteiger partial charge in [-0.15, -0.1) is 0 Å². The molecule has 7 nitrogen and oxygen atoms in total. The molecule has 0 radical (unpaired) electrons. The number of ether oxygens (including phenoxy) is 2. The summed E-state index contributed by atoms with van der Waals surface area (Å²) in [6.45, 7) is 3.79. The average Bonchev–Trinajstić information content (AvgIpc) is 3.10. The number of nitrogens with zero attached hydrogens (tertiary/aromatic N) is 1. The Balaban J connectivity index is 1.75. The van der Waals surface area contributed by atoms with Gasteiger partial charge >= 0.3 is 5.97 Å². The standard InChI is InChI=1S/C21H23N3O4/c1-13(2)28-19-9-8-14(11-23-19)20(25)24-18(21(26)27-3)10-15-12-22-17-7-5-4-6-16(15)17/h4-9,11-13,18,22H,10H2,1-3H3,(H,24,25)/t18-/m1/s1. The van der Waals surface area contributed by atoms with E-state index in [2.05, 4.69) is 15.3 Å². The number of methoxy groups -OCH3 is 1. The topological polar surface area (TPSA) is 93.3 Å². The molecule has 0 spiro atoms. The highest BCUT2D eigenvalue weighted by molar-refractivity contribution is 5.96. The van der Waals surface area contributed by atoms with Gasteiger partial charge in [-0.05, 0) is 31.5 Å². The maximum atomic E-state index is 12.6. The Morgan fingerprint density at radius 3 is 2.64 bits per heavy atom. The van der Waals surface area contributed by atoms with Crippen LogP contribution in [0.15, 0.2) is 48.8 Å². The van der Waals surface area contributed by atoms with Crippen molar-refractivity contribution < 1.29 is 19.1 Å². The van der Waals surface area contributed by atoms with Gasteiger partial charge in [0.25, 0.3) is 5.91 Å². The van der Waals surface area contributed by atoms with E-state index in [1.54, 1.807) is 12.1 Å². The van der Waals surface area contributed by atoms with Crippen LogP contribution < -0.4 is 10.1 Å². The van der Waals surface area contributed by atoms with Crippen molar-refractivity contribution in [2.45, 2.75) is 32.4 Å². The van der Waals surface area contributed by atoms with Gasteiger partial charge in [0.1, 0.15) is 6.04 Å². The SMILES string of the molecule is COC(=O)[C@@H](Cc1c[nH]c2ccccc12)NC(=O)c1ccc(OC(C)C)nc1. The van der Waals surface area contributed by atoms with Crippen LogP contribution >= 0.6 is 0 Å². The molecule has 3 aromatic rings. The average molecular weight is 381 g/mol. The number of rotatable bonds is 7. The summed E-state index contributed by atoms with van der Waals surface area (Å²) in [5.74, 6) is -0.472. The van der Waals surface area contributed by atoms with Gasteiger partial charge in [0, 0.05) is 35.8 Å². The number of fused-ring (bicyclic) bond motifs is 1. The molecule has 0 fully saturated rings. The maximum absolute atomic E-state index is 12.6. The minimum absolute atomic E-state index is 0.00736. The molecule has 1 amide bonds. The van der Waals surface area contributed by atoms with Crippen LogP contribution in [0.1, 0.15) is 29.8 Å². The van der Waals surface area contributed by atoms with Crippen LogP contribution in [0.3, 0.4) is 0 Å². The van der Waals surface area contributed by atoms with Gasteiger partial charge < -0.3 is 19.8 Å². The van der Waals surface area contributed by atoms with Crippen LogP contribution in [0.4, 0.5) is 0 Å². The fraction of sp³-hybridized carbons (Fsp3) is 0.286. The van der Waals surface area contributed by atoms with Crippen LogP contribution in [-0.4, -0.2) is 41.1 Å². The lowest BCUT2D eigenvalue weighted by Gasteiger charge is -2.16. The summed E-state index contributed by atoms with van der Waals surface area (Å²) in [7, 11) is 1.30. The van der Waals surface area contributed by atoms with E-state index in [1.807, 2.05) is 44.3 Å². The Hall–Kier alpha value is -3.35. The van der Waals surface area contributed by atoms with Crippen molar-refractivity contribution in [1.82, 2.24) is 15.3 Å². The van der Waals surface area contributed by atoms with Crippen molar-refractivity contribution in [2.75, 3.05) is 7.11 Å². The zero-order chi connectivity index (χ0) is 20.1. The molecule has 146 valence electrons. The van der Waals surface area contributed by atoms with Crippen LogP contribution in [0, 0.1) is 0 Å². The predicted molar refractivity (Wildman–Crippen MR) is 105 cm³/mol. The zero-order valence-corrected chi connectivity index (χ0v) is 16.1. The predicted octanol–water partition coefficient (Wildman–Crippen LogP) is 2.86. The number of aromatic nitrogens is 2. The summed E-state index contributed by atoms with van der Waals surface area (Å²) in [6, 6.07) is 10.2. The fourth-order valence-electron chi connectivity index (χ4n) is 2.92. The molecule has 2 heterocycles. The number of esters is 1. The molecule has 0 saturated heterocycles. The first-order valence-corrected chi connectivity index (χ1v) is 9.04. The number of H-pyrrole nitrogens is 1. The minimum atomic E-state index is -0.816. The van der Waals surface area contributed by atoms with Crippen molar-refractivity contribution in [3.63, 3.8) is 0 Å². The van der Waals surface area contributed by atoms with Gasteiger partial charge in [0.2, 0.25) is 5.88 Å². The first-order chi connectivity index (χ1) is 13.5. The summed E-state index contributed by atoms with van der Waals surface area (Å²) in [5, 5.41) is 3.74. The van der Waals surface area contributed by atoms with Gasteiger partial charge in [-0.1, -0.05) is 18.2 Å². The van der Waals surface area contributed by atoms with E-state index in [0.29, 0.717) is 17.9 Å². The molecular formula is C21H23N3O4. The Morgan fingerprint density at radius 1 is 1.18 bits per heavy atom. The molecule has 28 heavy (non-hydrogen) atoms. The molecule has 1 atom stereocenters. The Labute approximate surface area is 163 Å². The second-order valence-electron chi connectivity index (χ2n) is 6.66. The minimum Gasteiger partial charge on any atom is -0.475 e. The molecule has 0 bridgehead atoms. The molecule has 0 aliphatic carbocycles. The van der Waals surface area contributed by atoms with Gasteiger partial charge in [-0.2, -0.15) is 0 Å². The van der Waals surface area contributed by atoms with Crippen LogP contribution in [0.5, 0.6) is 5.88 Å². The lowest BCUT2D eigenvalue weighted by molar-refractivity contribution is -0.142. The normalized spacial score (nSPS) is 12.0. The lowest BCUT2D eigenvalue weighted by Crippen LogP contribution is -2.43. The molecule has 2 N–H and O–H groups in total. The van der Waals surface area contributed by atoms with Crippen molar-refractivity contribution in [3.8, 4) is 5.88 Å². The molecule has 3 rings (SSSR count). The smallest absolute Gasteiger partial charge is 0.328 e. The van der Waals surface area contributed by atoms with E-state index in [4.69, 9.17) is 9.47 Å². The van der Waals surface area contributed by atoms with E-state index in [1.165, 1.54) is 13.3 Å². The number of amides is 1. The summed E-state index contributed by atoms with van der Waals surface area (Å²) in [4.78, 5) is 32.1. The molecule has 0 unspecified atom stereocenters. The highest BCUT2D eigenvalue weighted by Gasteiger charge is 2.24. The number of para-hydroxylation sites is 1. The van der Waals surface area contributed by atoms with Gasteiger partial charge in [-0.25, -0.2) is 9.78 Å². The summed E-state index contributed by atoms with van der Waals surface area (Å²) < 4.78 is 10.3. The van der Waals surface area contributed by atoms with Crippen molar-refractivity contribution in [3.05, 3.63) is 59.9 Å². The van der Waals surface area contributed by atoms with Gasteiger partial charge in [0.05, 0.1) is 18.8 Å². The summed E-state index contributed by atoms with van der Waals surface area (Å²) in [6.07, 6.45) is 3.57. The van der Waals surface area contributed by atoms with Crippen LogP contribution in [-0.2, 0) is 16.0 Å². The third kappa shape index (κ3) is 4.49. The highest BCUT2D eigenvalue weighted by Crippen LogP contribution is 2.19. The first-order valence-electron chi connectivity index (χ1n) is 9.04. The number of aromatic amines is 1. The van der Waals surface area contributed by atoms with Crippen molar-refractivity contribution in [2.24, 2.45) is 0 Å². The highest BCUT2D eigenvalue weighted by atomic mass is 16.5. The summed E-state index contributed by atoms with van der Waals surface area (Å²) in [5.41, 5.74) is 2.23. The number of carbonyl (C=O) groups is 2. The number of benzene rings is 1. The van der Waals surface area contributed by atoms with E-state index >= 15 is 0 Å². The number of nitrogens with one attached hydrogen (secondary N) is 2. The van der Waals surface area contributed by atoms with Crippen LogP contribution in [0.25, 0.3) is 10.9 Å². The lowest BCUT2D eigenvalue weighted by atomic mass is 10.0. The van der Waals surface area contributed by atoms with E-state index in [0.717, 1.165) is 16.5 Å². The zero-order valence-electron chi connectivity index (χ0n) is 16.1. The Morgan fingerprint density at radius 2 is 1.96 bits per heavy atom. The summed E-state index contributed by atoms with van der Waals surface area (Å²) >= 11 is 0. The second kappa shape index (κ2) is 8.56. The van der Waals surface area contributed by atoms with Gasteiger partial charge in [0.15, 0.2) is 0 Å². The second-order valence-corrected chi connectivity index (χ2v) is 6.66. The number of hydrogen-bond donors (Lipinski definition) is 2. The maximum Gasteiger partial charge on any atom is 0.328 e. The number of carbonyl (C=O) groups excluding carboxylic acids is 2. The molecule has 0 aliphatic rings. The number of hydrogen-bond acceptors (Lipinski definition) is 5. The Bertz CT molecular complexity index is 963. The Kier molecular flexibility index (Phi) is 5.93. The number of pyridine rings is 1. The van der Waals surface area contributed by atoms with E-state index < -0.39 is 17.9 Å². The largest absolute Gasteiger partial charge is 0.475 e. The first kappa shape index (κ1) is 19.4. The molecular weight excluding hydrogens is 358 g/mol.